The number of hydrogen-bond acceptors (Lipinski definition) is 14. The number of carbonyl (C=O) groups is 8. The fourth-order valence-corrected chi connectivity index (χ4v) is 17.1. The van der Waals surface area contributed by atoms with Gasteiger partial charge in [-0.05, 0) is 241 Å². The highest BCUT2D eigenvalue weighted by Crippen LogP contribution is 2.37. The van der Waals surface area contributed by atoms with Crippen LogP contribution in [-0.2, 0) is 21.5 Å². The zero-order valence-electron chi connectivity index (χ0n) is 74.9. The van der Waals surface area contributed by atoms with Crippen molar-refractivity contribution < 1.29 is 61.0 Å². The number of hydrogen-bond donors (Lipinski definition) is 5. The molecule has 5 aliphatic heterocycles. The second-order valence-electron chi connectivity index (χ2n) is 36.8. The minimum atomic E-state index is -1.23. The lowest BCUT2D eigenvalue weighted by Crippen LogP contribution is -2.43. The lowest BCUT2D eigenvalue weighted by Gasteiger charge is -2.34. The summed E-state index contributed by atoms with van der Waals surface area (Å²) in [6.45, 7) is 31.4. The summed E-state index contributed by atoms with van der Waals surface area (Å²) in [5, 5.41) is 16.1. The zero-order chi connectivity index (χ0) is 94.7. The highest BCUT2D eigenvalue weighted by Gasteiger charge is 2.39. The first-order valence-corrected chi connectivity index (χ1v) is 44.3. The number of primary amides is 2. The van der Waals surface area contributed by atoms with Gasteiger partial charge in [-0.15, -0.1) is 0 Å². The lowest BCUT2D eigenvalue weighted by molar-refractivity contribution is -0.121. The maximum Gasteiger partial charge on any atom is 0.255 e. The second-order valence-corrected chi connectivity index (χ2v) is 37.3. The Bertz CT molecular complexity index is 6470. The molecule has 0 bridgehead atoms. The van der Waals surface area contributed by atoms with Gasteiger partial charge in [0.05, 0.1) is 46.5 Å². The Morgan fingerprint density at radius 3 is 1.26 bits per heavy atom. The van der Waals surface area contributed by atoms with Gasteiger partial charge in [-0.1, -0.05) is 35.9 Å². The number of carbonyl (C=O) groups excluding carboxylic acids is 8. The van der Waals surface area contributed by atoms with Crippen LogP contribution in [0, 0.1) is 13.1 Å². The number of amides is 8. The summed E-state index contributed by atoms with van der Waals surface area (Å²) in [4.78, 5) is 134. The number of alkyl halides is 4. The van der Waals surface area contributed by atoms with Gasteiger partial charge >= 0.3 is 0 Å². The fourth-order valence-electron chi connectivity index (χ4n) is 16.9. The molecule has 686 valence electrons. The Kier molecular flexibility index (Phi) is 27.5. The molecule has 8 aromatic heterocycles. The number of piperidine rings is 4. The van der Waals surface area contributed by atoms with E-state index in [1.54, 1.807) is 162 Å². The molecule has 0 radical (unpaired) electrons. The molecule has 33 heteroatoms. The van der Waals surface area contributed by atoms with E-state index in [1.807, 2.05) is 100 Å². The van der Waals surface area contributed by atoms with Crippen molar-refractivity contribution in [2.75, 3.05) is 65.4 Å². The molecule has 0 unspecified atom stereocenters. The van der Waals surface area contributed by atoms with Crippen molar-refractivity contribution in [2.24, 2.45) is 17.2 Å². The van der Waals surface area contributed by atoms with Crippen molar-refractivity contribution in [1.82, 2.24) is 68.0 Å². The van der Waals surface area contributed by atoms with E-state index in [2.05, 4.69) is 34.9 Å². The van der Waals surface area contributed by atoms with Gasteiger partial charge in [0, 0.05) is 181 Å². The number of halogens is 5. The average Bonchev–Trinajstić information content (AvgIpc) is 1.60. The van der Waals surface area contributed by atoms with E-state index in [9.17, 15) is 61.0 Å². The Morgan fingerprint density at radius 2 is 0.856 bits per heavy atom. The molecule has 5 aliphatic rings. The number of rotatable bonds is 17. The molecule has 13 heterocycles. The van der Waals surface area contributed by atoms with Gasteiger partial charge in [0.15, 0.2) is 11.4 Å². The standard InChI is InChI=1S/C26H28FN5O3.C25H28ClFN4O3.C24H24FN5O2.C24H26FN5O/c1-26(27)9-13-30(14-10-26)24(34)19-15-18-8-12-31(23(18)29-16-19)20-6-4-17(5-7-20)25(35)32-11-2-3-21(32)22(28)33;1-24(2,34)15-29-22(32)17-11-19(26)13-20(12-17)31-7-4-16-10-18(14-28-21(16)31)23(33)30-8-5-25(3,27)6-9-30;1-24(25)9-11-29(12-10-24)23(32)17-13-16-14-20(7-8-21(26)31)30(22(16)28-15-17)19-5-3-18(27-2)4-6-19;1-23(2,26)20-14-16-13-17(22(31)29-11-9-24(3,25)10-12-29)15-28-21(16)30(20)19-7-5-18(27-4)6-8-19/h4-8,12,15-16,21H,2-3,9-11,13-14H2,1H3,(H2,28,33);4,7,10-14,34H,5-6,8-9,15H2,1-3H3,(H,29,32);3-6,13-15H,7-12H2,1H3,(H2,26,31);5-8,13-15H,9-12,26H2,1-3H3/t21-;;;/m0.../s1. The summed E-state index contributed by atoms with van der Waals surface area (Å²) in [5.74, 6) is -2.03. The van der Waals surface area contributed by atoms with Crippen LogP contribution in [0.25, 0.3) is 76.6 Å². The molecular formula is C99H106ClF4N19O9. The molecule has 0 aliphatic carbocycles. The summed E-state index contributed by atoms with van der Waals surface area (Å²) < 4.78 is 63.9. The number of aromatic nitrogens is 8. The van der Waals surface area contributed by atoms with Crippen LogP contribution >= 0.6 is 11.6 Å². The minimum absolute atomic E-state index is 0.0973. The van der Waals surface area contributed by atoms with E-state index in [-0.39, 0.29) is 48.4 Å². The number of fused-ring (bicyclic) bond motifs is 4. The van der Waals surface area contributed by atoms with Gasteiger partial charge < -0.3 is 61.3 Å². The Balaban J connectivity index is 0.000000142. The smallest absolute Gasteiger partial charge is 0.255 e. The molecule has 17 rings (SSSR count). The number of nitrogens with zero attached hydrogens (tertiary/aromatic N) is 15. The number of nitrogens with two attached hydrogens (primary N) is 3. The Hall–Kier alpha value is -13.7. The maximum absolute atomic E-state index is 14.1. The third-order valence-electron chi connectivity index (χ3n) is 24.9. The maximum atomic E-state index is 14.1. The van der Waals surface area contributed by atoms with E-state index in [0.29, 0.717) is 201 Å². The van der Waals surface area contributed by atoms with Crippen LogP contribution in [0.2, 0.25) is 5.02 Å². The normalized spacial score (nSPS) is 16.9. The fraction of sp³-hybridized carbons (Fsp3) is 0.374. The SMILES string of the molecule is CC(C)(O)CNC(=O)c1cc(Cl)cc(-n2ccc3cc(C(=O)N4CCC(C)(F)CC4)cnc32)c1.CC1(F)CCN(C(=O)c2cnc3c(ccn3-c3ccc(C(=O)N4CCC[C@H]4C(N)=O)cc3)c2)CC1.[C-]#[N+]c1ccc(-n2c(C(C)(C)N)cc3cc(C(=O)N4CCC(C)(F)CC4)cnc32)cc1.[C-]#[N+]c1ccc(-n2c(CCC(N)=O)cc3cc(C(=O)N4CCC(C)(F)CC4)cnc32)cc1. The first-order chi connectivity index (χ1) is 62.5. The van der Waals surface area contributed by atoms with E-state index in [4.69, 9.17) is 41.9 Å². The highest BCUT2D eigenvalue weighted by atomic mass is 35.5. The van der Waals surface area contributed by atoms with E-state index >= 15 is 0 Å². The third kappa shape index (κ3) is 22.0. The molecule has 1 atom stereocenters. The quantitative estimate of drug-likeness (QED) is 0.0418. The molecule has 12 aromatic rings. The van der Waals surface area contributed by atoms with E-state index in [1.165, 1.54) is 12.4 Å². The first-order valence-electron chi connectivity index (χ1n) is 44.0. The van der Waals surface area contributed by atoms with Crippen molar-refractivity contribution in [3.63, 3.8) is 0 Å². The predicted molar refractivity (Wildman–Crippen MR) is 497 cm³/mol. The van der Waals surface area contributed by atoms with Crippen LogP contribution in [-0.4, -0.2) is 215 Å². The number of aliphatic hydroxyl groups is 1. The van der Waals surface area contributed by atoms with Crippen molar-refractivity contribution >= 4 is 114 Å². The summed E-state index contributed by atoms with van der Waals surface area (Å²) in [6, 6.07) is 40.6. The Morgan fingerprint density at radius 1 is 0.470 bits per heavy atom. The predicted octanol–water partition coefficient (Wildman–Crippen LogP) is 15.9. The van der Waals surface area contributed by atoms with Crippen molar-refractivity contribution in [3.8, 4) is 22.7 Å². The van der Waals surface area contributed by atoms with Crippen LogP contribution in [0.4, 0.5) is 28.9 Å². The summed E-state index contributed by atoms with van der Waals surface area (Å²) in [5.41, 5.74) is 21.9. The lowest BCUT2D eigenvalue weighted by atomic mass is 9.95. The van der Waals surface area contributed by atoms with Gasteiger partial charge in [0.1, 0.15) is 51.3 Å². The van der Waals surface area contributed by atoms with Crippen LogP contribution in [0.3, 0.4) is 0 Å². The van der Waals surface area contributed by atoms with Gasteiger partial charge in [0.2, 0.25) is 11.8 Å². The molecule has 132 heavy (non-hydrogen) atoms. The summed E-state index contributed by atoms with van der Waals surface area (Å²) >= 11 is 6.29. The van der Waals surface area contributed by atoms with Gasteiger partial charge in [-0.25, -0.2) is 47.2 Å². The van der Waals surface area contributed by atoms with Gasteiger partial charge in [0.25, 0.3) is 35.4 Å². The molecule has 8 amide bonds. The van der Waals surface area contributed by atoms with Crippen LogP contribution in [0.1, 0.15) is 200 Å². The molecular weight excluding hydrogens is 1710 g/mol. The van der Waals surface area contributed by atoms with E-state index < -0.39 is 51.7 Å². The largest absolute Gasteiger partial charge is 0.389 e. The second kappa shape index (κ2) is 38.4. The molecule has 0 saturated carbocycles. The van der Waals surface area contributed by atoms with Gasteiger partial charge in [-0.2, -0.15) is 0 Å². The summed E-state index contributed by atoms with van der Waals surface area (Å²) in [7, 11) is 0. The molecule has 5 saturated heterocycles. The molecule has 28 nitrogen and oxygen atoms in total. The monoisotopic (exact) mass is 1820 g/mol. The van der Waals surface area contributed by atoms with Crippen molar-refractivity contribution in [1.29, 1.82) is 0 Å². The first kappa shape index (κ1) is 94.4. The Labute approximate surface area is 766 Å². The zero-order valence-corrected chi connectivity index (χ0v) is 75.7. The van der Waals surface area contributed by atoms with E-state index in [0.717, 1.165) is 56.4 Å². The number of aryl methyl sites for hydroxylation is 1. The van der Waals surface area contributed by atoms with Crippen LogP contribution < -0.4 is 22.5 Å². The van der Waals surface area contributed by atoms with Crippen LogP contribution in [0.5, 0.6) is 0 Å². The number of nitrogens with one attached hydrogen (secondary N) is 1. The number of pyridine rings is 4. The topological polar surface area (TPSA) is 343 Å². The minimum Gasteiger partial charge on any atom is -0.389 e. The molecule has 4 aromatic carbocycles. The summed E-state index contributed by atoms with van der Waals surface area (Å²) in [6.07, 6.45) is 14.5. The van der Waals surface area contributed by atoms with Crippen LogP contribution in [0.15, 0.2) is 177 Å². The average molecular weight is 1820 g/mol. The third-order valence-corrected chi connectivity index (χ3v) is 25.1. The molecule has 0 spiro atoms. The number of benzene rings is 4. The van der Waals surface area contributed by atoms with Crippen molar-refractivity contribution in [3.05, 3.63) is 249 Å². The molecule has 5 fully saturated rings. The molecule has 8 N–H and O–H groups in total. The van der Waals surface area contributed by atoms with Crippen molar-refractivity contribution in [2.45, 2.75) is 172 Å². The highest BCUT2D eigenvalue weighted by molar-refractivity contribution is 6.31. The number of likely N-dealkylation sites (tertiary alicyclic amines) is 5. The van der Waals surface area contributed by atoms with Gasteiger partial charge in [-0.3, -0.25) is 47.5 Å².